The maximum atomic E-state index is 12.8. The molecular formula is C26H21ClN4O2. The zero-order valence-corrected chi connectivity index (χ0v) is 18.4. The van der Waals surface area contributed by atoms with E-state index in [2.05, 4.69) is 20.6 Å². The number of anilines is 1. The first-order chi connectivity index (χ1) is 16.1. The quantitative estimate of drug-likeness (QED) is 0.429. The van der Waals surface area contributed by atoms with Gasteiger partial charge in [0.1, 0.15) is 0 Å². The Morgan fingerprint density at radius 1 is 1.00 bits per heavy atom. The zero-order valence-electron chi connectivity index (χ0n) is 17.7. The number of hydrogen-bond donors (Lipinski definition) is 2. The molecule has 1 aliphatic carbocycles. The number of nitrogens with zero attached hydrogens (tertiary/aromatic N) is 2. The van der Waals surface area contributed by atoms with Crippen LogP contribution in [0.3, 0.4) is 0 Å². The van der Waals surface area contributed by atoms with Gasteiger partial charge in [-0.2, -0.15) is 0 Å². The van der Waals surface area contributed by atoms with E-state index in [-0.39, 0.29) is 23.7 Å². The van der Waals surface area contributed by atoms with Crippen molar-refractivity contribution in [3.63, 3.8) is 0 Å². The number of amides is 2. The van der Waals surface area contributed by atoms with Crippen molar-refractivity contribution in [2.24, 2.45) is 5.92 Å². The van der Waals surface area contributed by atoms with E-state index in [1.54, 1.807) is 30.9 Å². The number of fused-ring (bicyclic) bond motifs is 1. The van der Waals surface area contributed by atoms with Gasteiger partial charge in [-0.1, -0.05) is 29.8 Å². The Kier molecular flexibility index (Phi) is 5.75. The SMILES string of the molecule is O=C(NCc1ccncc1)c1cccc([C@@H]2C[C@H]2C(=O)Nc2ccc3cncc(Cl)c3c2)c1. The van der Waals surface area contributed by atoms with Crippen molar-refractivity contribution in [3.8, 4) is 0 Å². The average molecular weight is 457 g/mol. The Hall–Kier alpha value is -3.77. The maximum absolute atomic E-state index is 12.8. The fraction of sp³-hybridized carbons (Fsp3) is 0.154. The summed E-state index contributed by atoms with van der Waals surface area (Å²) in [6, 6.07) is 16.8. The third-order valence-electron chi connectivity index (χ3n) is 5.89. The molecule has 0 aliphatic heterocycles. The van der Waals surface area contributed by atoms with Gasteiger partial charge in [-0.3, -0.25) is 19.6 Å². The van der Waals surface area contributed by atoms with Gasteiger partial charge in [0.25, 0.3) is 5.91 Å². The minimum absolute atomic E-state index is 0.0305. The first-order valence-electron chi connectivity index (χ1n) is 10.7. The molecule has 0 unspecified atom stereocenters. The summed E-state index contributed by atoms with van der Waals surface area (Å²) in [7, 11) is 0. The van der Waals surface area contributed by atoms with Crippen LogP contribution in [0.2, 0.25) is 5.02 Å². The Morgan fingerprint density at radius 2 is 1.85 bits per heavy atom. The molecule has 2 amide bonds. The van der Waals surface area contributed by atoms with Crippen molar-refractivity contribution < 1.29 is 9.59 Å². The average Bonchev–Trinajstić information content (AvgIpc) is 3.65. The molecule has 5 rings (SSSR count). The fourth-order valence-electron chi connectivity index (χ4n) is 3.99. The molecule has 2 aromatic heterocycles. The van der Waals surface area contributed by atoms with Gasteiger partial charge in [-0.25, -0.2) is 0 Å². The van der Waals surface area contributed by atoms with E-state index >= 15 is 0 Å². The van der Waals surface area contributed by atoms with Crippen LogP contribution in [0, 0.1) is 5.92 Å². The number of carbonyl (C=O) groups excluding carboxylic acids is 2. The number of hydrogen-bond acceptors (Lipinski definition) is 4. The second-order valence-corrected chi connectivity index (χ2v) is 8.57. The minimum Gasteiger partial charge on any atom is -0.348 e. The standard InChI is InChI=1S/C26H21ClN4O2/c27-24-15-29-14-19-4-5-20(11-22(19)24)31-26(33)23-12-21(23)17-2-1-3-18(10-17)25(32)30-13-16-6-8-28-9-7-16/h1-11,14-15,21,23H,12-13H2,(H,30,32)(H,31,33)/t21-,23+/m0/s1. The molecule has 0 radical (unpaired) electrons. The van der Waals surface area contributed by atoms with Crippen molar-refractivity contribution in [2.45, 2.75) is 18.9 Å². The van der Waals surface area contributed by atoms with E-state index in [1.165, 1.54) is 0 Å². The lowest BCUT2D eigenvalue weighted by Gasteiger charge is -2.09. The number of pyridine rings is 2. The largest absolute Gasteiger partial charge is 0.348 e. The summed E-state index contributed by atoms with van der Waals surface area (Å²) in [5, 5.41) is 8.24. The van der Waals surface area contributed by atoms with E-state index in [0.29, 0.717) is 22.8 Å². The molecule has 164 valence electrons. The Balaban J connectivity index is 1.22. The number of carbonyl (C=O) groups is 2. The molecule has 4 aromatic rings. The number of halogens is 1. The summed E-state index contributed by atoms with van der Waals surface area (Å²) in [5.41, 5.74) is 3.28. The molecule has 33 heavy (non-hydrogen) atoms. The molecule has 2 aromatic carbocycles. The highest BCUT2D eigenvalue weighted by atomic mass is 35.5. The zero-order chi connectivity index (χ0) is 22.8. The van der Waals surface area contributed by atoms with Crippen molar-refractivity contribution in [1.82, 2.24) is 15.3 Å². The van der Waals surface area contributed by atoms with E-state index in [0.717, 1.165) is 28.3 Å². The molecule has 0 saturated heterocycles. The van der Waals surface area contributed by atoms with Crippen molar-refractivity contribution in [3.05, 3.63) is 101 Å². The minimum atomic E-state index is -0.141. The molecule has 2 heterocycles. The van der Waals surface area contributed by atoms with Crippen molar-refractivity contribution in [1.29, 1.82) is 0 Å². The van der Waals surface area contributed by atoms with Crippen molar-refractivity contribution in [2.75, 3.05) is 5.32 Å². The predicted molar refractivity (Wildman–Crippen MR) is 128 cm³/mol. The molecule has 0 bridgehead atoms. The smallest absolute Gasteiger partial charge is 0.251 e. The molecule has 7 heteroatoms. The fourth-order valence-corrected chi connectivity index (χ4v) is 4.21. The van der Waals surface area contributed by atoms with Crippen LogP contribution in [0.4, 0.5) is 5.69 Å². The summed E-state index contributed by atoms with van der Waals surface area (Å²) in [6.07, 6.45) is 7.48. The van der Waals surface area contributed by atoms with Crippen LogP contribution in [0.1, 0.15) is 33.8 Å². The van der Waals surface area contributed by atoms with Crippen LogP contribution in [0.15, 0.2) is 79.4 Å². The predicted octanol–water partition coefficient (Wildman–Crippen LogP) is 4.96. The summed E-state index contributed by atoms with van der Waals surface area (Å²) >= 11 is 6.23. The van der Waals surface area contributed by atoms with E-state index in [4.69, 9.17) is 11.6 Å². The number of rotatable bonds is 6. The normalized spacial score (nSPS) is 16.9. The van der Waals surface area contributed by atoms with Gasteiger partial charge < -0.3 is 10.6 Å². The van der Waals surface area contributed by atoms with Crippen LogP contribution in [0.25, 0.3) is 10.8 Å². The second-order valence-electron chi connectivity index (χ2n) is 8.16. The molecule has 0 spiro atoms. The first kappa shape index (κ1) is 21.1. The lowest BCUT2D eigenvalue weighted by atomic mass is 10.0. The summed E-state index contributed by atoms with van der Waals surface area (Å²) in [5.74, 6) is -0.190. The highest BCUT2D eigenvalue weighted by molar-refractivity contribution is 6.35. The lowest BCUT2D eigenvalue weighted by Crippen LogP contribution is -2.22. The van der Waals surface area contributed by atoms with Gasteiger partial charge in [0, 0.05) is 59.3 Å². The highest BCUT2D eigenvalue weighted by Gasteiger charge is 2.44. The molecule has 2 atom stereocenters. The van der Waals surface area contributed by atoms with Crippen LogP contribution in [-0.4, -0.2) is 21.8 Å². The van der Waals surface area contributed by atoms with E-state index < -0.39 is 0 Å². The first-order valence-corrected chi connectivity index (χ1v) is 11.1. The Bertz CT molecular complexity index is 1340. The van der Waals surface area contributed by atoms with Gasteiger partial charge in [-0.05, 0) is 59.9 Å². The van der Waals surface area contributed by atoms with Gasteiger partial charge >= 0.3 is 0 Å². The second kappa shape index (κ2) is 9.00. The highest BCUT2D eigenvalue weighted by Crippen LogP contribution is 2.48. The third-order valence-corrected chi connectivity index (χ3v) is 6.19. The molecular weight excluding hydrogens is 436 g/mol. The summed E-state index contributed by atoms with van der Waals surface area (Å²) in [6.45, 7) is 0.436. The Morgan fingerprint density at radius 3 is 2.70 bits per heavy atom. The van der Waals surface area contributed by atoms with Gasteiger partial charge in [0.2, 0.25) is 5.91 Å². The van der Waals surface area contributed by atoms with Gasteiger partial charge in [0.05, 0.1) is 5.02 Å². The molecule has 1 fully saturated rings. The maximum Gasteiger partial charge on any atom is 0.251 e. The number of nitrogens with one attached hydrogen (secondary N) is 2. The van der Waals surface area contributed by atoms with Crippen LogP contribution in [-0.2, 0) is 11.3 Å². The summed E-state index contributed by atoms with van der Waals surface area (Å²) in [4.78, 5) is 33.5. The third kappa shape index (κ3) is 4.71. The van der Waals surface area contributed by atoms with E-state index in [1.807, 2.05) is 48.5 Å². The topological polar surface area (TPSA) is 84.0 Å². The van der Waals surface area contributed by atoms with Gasteiger partial charge in [-0.15, -0.1) is 0 Å². The molecule has 1 aliphatic rings. The monoisotopic (exact) mass is 456 g/mol. The number of aromatic nitrogens is 2. The molecule has 6 nitrogen and oxygen atoms in total. The van der Waals surface area contributed by atoms with Crippen molar-refractivity contribution >= 4 is 39.9 Å². The lowest BCUT2D eigenvalue weighted by molar-refractivity contribution is -0.117. The Labute approximate surface area is 196 Å². The van der Waals surface area contributed by atoms with Crippen LogP contribution >= 0.6 is 11.6 Å². The van der Waals surface area contributed by atoms with Gasteiger partial charge in [0.15, 0.2) is 0 Å². The summed E-state index contributed by atoms with van der Waals surface area (Å²) < 4.78 is 0. The van der Waals surface area contributed by atoms with E-state index in [9.17, 15) is 9.59 Å². The van der Waals surface area contributed by atoms with Crippen LogP contribution in [0.5, 0.6) is 0 Å². The molecule has 2 N–H and O–H groups in total. The molecule has 1 saturated carbocycles. The number of benzene rings is 2. The van der Waals surface area contributed by atoms with Crippen LogP contribution < -0.4 is 10.6 Å².